The highest BCUT2D eigenvalue weighted by atomic mass is 28.5. The molecule has 1 aromatic rings. The van der Waals surface area contributed by atoms with Crippen LogP contribution in [0.15, 0.2) is 30.3 Å². The summed E-state index contributed by atoms with van der Waals surface area (Å²) in [4.78, 5) is 0. The van der Waals surface area contributed by atoms with E-state index in [2.05, 4.69) is 63.5 Å². The van der Waals surface area contributed by atoms with Gasteiger partial charge < -0.3 is 12.3 Å². The van der Waals surface area contributed by atoms with Gasteiger partial charge in [0.25, 0.3) is 0 Å². The number of hydrogen-bond donors (Lipinski definition) is 0. The van der Waals surface area contributed by atoms with Crippen molar-refractivity contribution in [2.45, 2.75) is 45.3 Å². The van der Waals surface area contributed by atoms with Crippen LogP contribution in [0.1, 0.15) is 5.56 Å². The molecule has 7 heteroatoms. The molecule has 114 valence electrons. The van der Waals surface area contributed by atoms with E-state index in [4.69, 9.17) is 12.3 Å². The molecule has 0 heterocycles. The molecule has 1 aromatic carbocycles. The first-order valence-electron chi connectivity index (χ1n) is 7.33. The van der Waals surface area contributed by atoms with Gasteiger partial charge in [0.15, 0.2) is 18.1 Å². The van der Waals surface area contributed by atoms with Gasteiger partial charge in [-0.05, 0) is 44.8 Å². The van der Waals surface area contributed by atoms with Gasteiger partial charge in [-0.3, -0.25) is 0 Å². The molecule has 0 aliphatic rings. The van der Waals surface area contributed by atoms with Crippen LogP contribution in [0.5, 0.6) is 0 Å². The van der Waals surface area contributed by atoms with Crippen LogP contribution in [0.25, 0.3) is 0 Å². The van der Waals surface area contributed by atoms with Crippen molar-refractivity contribution in [2.24, 2.45) is 0 Å². The first-order valence-corrected chi connectivity index (χ1v) is 17.5. The van der Waals surface area contributed by atoms with Crippen LogP contribution in [0.4, 0.5) is 0 Å². The Labute approximate surface area is 129 Å². The Hall–Kier alpha value is -0.0325. The van der Waals surface area contributed by atoms with E-state index in [0.29, 0.717) is 0 Å². The van der Waals surface area contributed by atoms with Crippen LogP contribution in [0.2, 0.25) is 39.3 Å². The van der Waals surface area contributed by atoms with Gasteiger partial charge in [-0.25, -0.2) is 0 Å². The quantitative estimate of drug-likeness (QED) is 0.679. The SMILES string of the molecule is C[SiH](C)O[SiH](Cc1ccccc1)O[Si](C)(C)O[SiH](C)C. The average molecular weight is 345 g/mol. The largest absolute Gasteiger partial charge is 0.441 e. The van der Waals surface area contributed by atoms with Gasteiger partial charge in [0.1, 0.15) is 0 Å². The van der Waals surface area contributed by atoms with E-state index >= 15 is 0 Å². The van der Waals surface area contributed by atoms with Crippen LogP contribution in [-0.4, -0.2) is 35.9 Å². The van der Waals surface area contributed by atoms with Gasteiger partial charge in [0.2, 0.25) is 0 Å². The smallest absolute Gasteiger partial charge is 0.312 e. The van der Waals surface area contributed by atoms with E-state index in [-0.39, 0.29) is 0 Å². The van der Waals surface area contributed by atoms with Gasteiger partial charge in [-0.15, -0.1) is 0 Å². The molecule has 0 N–H and O–H groups in total. The molecule has 0 fully saturated rings. The lowest BCUT2D eigenvalue weighted by Crippen LogP contribution is -2.47. The van der Waals surface area contributed by atoms with Crippen molar-refractivity contribution in [3.05, 3.63) is 35.9 Å². The molecule has 0 spiro atoms. The van der Waals surface area contributed by atoms with Crippen LogP contribution < -0.4 is 0 Å². The molecule has 0 aromatic heterocycles. The lowest BCUT2D eigenvalue weighted by atomic mass is 10.2. The summed E-state index contributed by atoms with van der Waals surface area (Å²) in [7, 11) is -5.85. The molecular weight excluding hydrogens is 316 g/mol. The van der Waals surface area contributed by atoms with Crippen molar-refractivity contribution in [2.75, 3.05) is 0 Å². The summed E-state index contributed by atoms with van der Waals surface area (Å²) in [6, 6.07) is 11.4. The molecule has 1 unspecified atom stereocenters. The Morgan fingerprint density at radius 2 is 1.50 bits per heavy atom. The van der Waals surface area contributed by atoms with Crippen LogP contribution >= 0.6 is 0 Å². The second-order valence-corrected chi connectivity index (χ2v) is 17.2. The van der Waals surface area contributed by atoms with Gasteiger partial charge in [-0.1, -0.05) is 30.3 Å². The zero-order valence-corrected chi connectivity index (χ0v) is 18.0. The summed E-state index contributed by atoms with van der Waals surface area (Å²) in [6.07, 6.45) is 0. The van der Waals surface area contributed by atoms with Gasteiger partial charge in [0.05, 0.1) is 0 Å². The van der Waals surface area contributed by atoms with Crippen molar-refractivity contribution < 1.29 is 12.3 Å². The maximum atomic E-state index is 6.37. The van der Waals surface area contributed by atoms with Crippen molar-refractivity contribution in [1.82, 2.24) is 0 Å². The number of hydrogen-bond acceptors (Lipinski definition) is 3. The Balaban J connectivity index is 2.69. The van der Waals surface area contributed by atoms with E-state index in [1.165, 1.54) is 5.56 Å². The molecule has 1 rings (SSSR count). The van der Waals surface area contributed by atoms with E-state index in [0.717, 1.165) is 6.04 Å². The molecule has 0 saturated heterocycles. The summed E-state index contributed by atoms with van der Waals surface area (Å²) in [6.45, 7) is 13.1. The Morgan fingerprint density at radius 3 is 2.00 bits per heavy atom. The minimum absolute atomic E-state index is 0.936. The summed E-state index contributed by atoms with van der Waals surface area (Å²) in [5.41, 5.74) is 1.31. The highest BCUT2D eigenvalue weighted by Crippen LogP contribution is 2.14. The molecule has 0 saturated carbocycles. The maximum Gasteiger partial charge on any atom is 0.312 e. The highest BCUT2D eigenvalue weighted by molar-refractivity contribution is 6.78. The zero-order valence-electron chi connectivity index (χ0n) is 13.6. The van der Waals surface area contributed by atoms with E-state index < -0.39 is 35.9 Å². The first-order chi connectivity index (χ1) is 9.28. The Morgan fingerprint density at radius 1 is 0.900 bits per heavy atom. The van der Waals surface area contributed by atoms with Crippen LogP contribution in [0, 0.1) is 0 Å². The second-order valence-electron chi connectivity index (χ2n) is 5.99. The van der Waals surface area contributed by atoms with E-state index in [9.17, 15) is 0 Å². The molecular formula is C13H28O3Si4. The van der Waals surface area contributed by atoms with Crippen molar-refractivity contribution in [1.29, 1.82) is 0 Å². The first kappa shape index (κ1) is 18.0. The fourth-order valence-corrected chi connectivity index (χ4v) is 14.5. The summed E-state index contributed by atoms with van der Waals surface area (Å²) < 4.78 is 18.7. The van der Waals surface area contributed by atoms with Crippen molar-refractivity contribution in [3.8, 4) is 0 Å². The van der Waals surface area contributed by atoms with Crippen LogP contribution in [0.3, 0.4) is 0 Å². The Bertz CT molecular complexity index is 384. The van der Waals surface area contributed by atoms with Crippen molar-refractivity contribution in [3.63, 3.8) is 0 Å². The van der Waals surface area contributed by atoms with E-state index in [1.807, 2.05) is 6.07 Å². The average Bonchev–Trinajstić information content (AvgIpc) is 2.26. The van der Waals surface area contributed by atoms with Gasteiger partial charge >= 0.3 is 17.8 Å². The zero-order chi connectivity index (χ0) is 15.2. The van der Waals surface area contributed by atoms with Gasteiger partial charge in [0, 0.05) is 6.04 Å². The monoisotopic (exact) mass is 344 g/mol. The molecule has 20 heavy (non-hydrogen) atoms. The number of benzene rings is 1. The lowest BCUT2D eigenvalue weighted by molar-refractivity contribution is 0.355. The molecule has 0 bridgehead atoms. The fourth-order valence-electron chi connectivity index (χ4n) is 2.14. The minimum Gasteiger partial charge on any atom is -0.441 e. The second kappa shape index (κ2) is 8.42. The normalized spacial score (nSPS) is 14.0. The lowest BCUT2D eigenvalue weighted by Gasteiger charge is -2.31. The molecule has 0 amide bonds. The van der Waals surface area contributed by atoms with Crippen molar-refractivity contribution >= 4 is 35.9 Å². The summed E-state index contributed by atoms with van der Waals surface area (Å²) in [5, 5.41) is 0. The molecule has 1 atom stereocenters. The summed E-state index contributed by atoms with van der Waals surface area (Å²) >= 11 is 0. The van der Waals surface area contributed by atoms with E-state index in [1.54, 1.807) is 0 Å². The van der Waals surface area contributed by atoms with Gasteiger partial charge in [-0.2, -0.15) is 0 Å². The molecule has 0 aliphatic carbocycles. The number of rotatable bonds is 8. The predicted octanol–water partition coefficient (Wildman–Crippen LogP) is 2.71. The third-order valence-electron chi connectivity index (χ3n) is 2.60. The van der Waals surface area contributed by atoms with Crippen LogP contribution in [-0.2, 0) is 18.4 Å². The predicted molar refractivity (Wildman–Crippen MR) is 95.8 cm³/mol. The topological polar surface area (TPSA) is 27.7 Å². The fraction of sp³-hybridized carbons (Fsp3) is 0.538. The molecule has 3 nitrogen and oxygen atoms in total. The maximum absolute atomic E-state index is 6.37. The third kappa shape index (κ3) is 7.67. The third-order valence-corrected chi connectivity index (χ3v) is 14.3. The highest BCUT2D eigenvalue weighted by Gasteiger charge is 2.31. The Kier molecular flexibility index (Phi) is 7.59. The summed E-state index contributed by atoms with van der Waals surface area (Å²) in [5.74, 6) is 0. The molecule has 0 aliphatic heterocycles. The minimum atomic E-state index is -2.03. The molecule has 0 radical (unpaired) electrons. The standard InChI is InChI=1S/C13H28O3Si4/c1-17(2)14-19(12-13-10-8-7-9-11-13)16-20(5,6)15-18(3)4/h7-11,17-19H,12H2,1-6H3.